The molecule has 0 atom stereocenters. The molecule has 0 radical (unpaired) electrons. The van der Waals surface area contributed by atoms with Crippen LogP contribution < -0.4 is 0 Å². The lowest BCUT2D eigenvalue weighted by Crippen LogP contribution is -2.26. The van der Waals surface area contributed by atoms with Crippen LogP contribution in [-0.4, -0.2) is 16.7 Å². The van der Waals surface area contributed by atoms with Crippen LogP contribution >= 0.6 is 0 Å². The first-order valence-electron chi connectivity index (χ1n) is 6.10. The number of carbonyl (C=O) groups is 1. The Kier molecular flexibility index (Phi) is 4.15. The Balaban J connectivity index is 2.86. The predicted octanol–water partition coefficient (Wildman–Crippen LogP) is 3.63. The zero-order valence-corrected chi connectivity index (χ0v) is 11.5. The van der Waals surface area contributed by atoms with Crippen molar-refractivity contribution in [3.63, 3.8) is 0 Å². The van der Waals surface area contributed by atoms with E-state index in [4.69, 9.17) is 5.11 Å². The number of rotatable bonds is 5. The quantitative estimate of drug-likeness (QED) is 0.868. The summed E-state index contributed by atoms with van der Waals surface area (Å²) < 4.78 is 13.6. The molecule has 0 saturated heterocycles. The molecule has 0 amide bonds. The molecule has 18 heavy (non-hydrogen) atoms. The lowest BCUT2D eigenvalue weighted by Gasteiger charge is -2.20. The average Bonchev–Trinajstić information content (AvgIpc) is 2.13. The second kappa shape index (κ2) is 5.09. The third kappa shape index (κ3) is 4.47. The van der Waals surface area contributed by atoms with Crippen LogP contribution in [-0.2, 0) is 17.6 Å². The molecule has 1 aromatic rings. The van der Waals surface area contributed by atoms with Gasteiger partial charge in [-0.1, -0.05) is 24.3 Å². The van der Waals surface area contributed by atoms with Gasteiger partial charge in [-0.05, 0) is 45.2 Å². The summed E-state index contributed by atoms with van der Waals surface area (Å²) >= 11 is 0. The Morgan fingerprint density at radius 3 is 2.11 bits per heavy atom. The van der Waals surface area contributed by atoms with Crippen LogP contribution in [0.15, 0.2) is 24.3 Å². The Bertz CT molecular complexity index is 430. The van der Waals surface area contributed by atoms with Gasteiger partial charge in [0.25, 0.3) is 0 Å². The molecule has 0 bridgehead atoms. The van der Waals surface area contributed by atoms with Crippen molar-refractivity contribution in [2.45, 2.75) is 46.2 Å². The number of aliphatic carboxylic acids is 1. The van der Waals surface area contributed by atoms with Gasteiger partial charge in [-0.2, -0.15) is 0 Å². The third-order valence-electron chi connectivity index (χ3n) is 2.84. The lowest BCUT2D eigenvalue weighted by atomic mass is 9.85. The Labute approximate surface area is 108 Å². The van der Waals surface area contributed by atoms with Crippen molar-refractivity contribution in [2.24, 2.45) is 5.41 Å². The Morgan fingerprint density at radius 2 is 1.67 bits per heavy atom. The number of benzene rings is 1. The fraction of sp³-hybridized carbons (Fsp3) is 0.533. The summed E-state index contributed by atoms with van der Waals surface area (Å²) in [5.74, 6) is -0.821. The zero-order valence-electron chi connectivity index (χ0n) is 11.5. The highest BCUT2D eigenvalue weighted by atomic mass is 19.1. The molecule has 0 unspecified atom stereocenters. The first kappa shape index (κ1) is 14.7. The van der Waals surface area contributed by atoms with Gasteiger partial charge in [0.05, 0.1) is 5.41 Å². The standard InChI is InChI=1S/C15H21FO2/c1-14(2,13(17)18)9-11-6-5-7-12(8-11)10-15(3,4)16/h5-8H,9-10H2,1-4H3,(H,17,18). The summed E-state index contributed by atoms with van der Waals surface area (Å²) in [6.45, 7) is 6.48. The molecule has 0 aliphatic rings. The second-order valence-electron chi connectivity index (χ2n) is 6.08. The highest BCUT2D eigenvalue weighted by Crippen LogP contribution is 2.24. The van der Waals surface area contributed by atoms with Crippen LogP contribution in [0.4, 0.5) is 4.39 Å². The van der Waals surface area contributed by atoms with Gasteiger partial charge in [-0.3, -0.25) is 4.79 Å². The number of carboxylic acid groups (broad SMARTS) is 1. The van der Waals surface area contributed by atoms with Gasteiger partial charge in [0.15, 0.2) is 0 Å². The molecular weight excluding hydrogens is 231 g/mol. The molecule has 0 saturated carbocycles. The van der Waals surface area contributed by atoms with Crippen molar-refractivity contribution in [3.8, 4) is 0 Å². The van der Waals surface area contributed by atoms with E-state index in [9.17, 15) is 9.18 Å². The molecule has 0 aromatic heterocycles. The molecule has 1 rings (SSSR count). The van der Waals surface area contributed by atoms with Crippen LogP contribution in [0.1, 0.15) is 38.8 Å². The summed E-state index contributed by atoms with van der Waals surface area (Å²) in [5.41, 5.74) is -0.213. The van der Waals surface area contributed by atoms with E-state index in [2.05, 4.69) is 0 Å². The normalized spacial score (nSPS) is 12.5. The van der Waals surface area contributed by atoms with E-state index in [0.717, 1.165) is 11.1 Å². The Morgan fingerprint density at radius 1 is 1.17 bits per heavy atom. The van der Waals surface area contributed by atoms with Gasteiger partial charge in [0.2, 0.25) is 0 Å². The fourth-order valence-corrected chi connectivity index (χ4v) is 1.92. The molecule has 1 N–H and O–H groups in total. The summed E-state index contributed by atoms with van der Waals surface area (Å²) in [7, 11) is 0. The second-order valence-corrected chi connectivity index (χ2v) is 6.08. The maximum atomic E-state index is 13.6. The van der Waals surface area contributed by atoms with Crippen molar-refractivity contribution in [2.75, 3.05) is 0 Å². The topological polar surface area (TPSA) is 37.3 Å². The van der Waals surface area contributed by atoms with Gasteiger partial charge >= 0.3 is 5.97 Å². The molecular formula is C15H21FO2. The van der Waals surface area contributed by atoms with E-state index in [0.29, 0.717) is 12.8 Å². The number of carboxylic acids is 1. The molecule has 0 fully saturated rings. The maximum Gasteiger partial charge on any atom is 0.309 e. The minimum atomic E-state index is -1.25. The van der Waals surface area contributed by atoms with Crippen molar-refractivity contribution in [1.29, 1.82) is 0 Å². The average molecular weight is 252 g/mol. The van der Waals surface area contributed by atoms with Crippen LogP contribution in [0.2, 0.25) is 0 Å². The molecule has 0 heterocycles. The maximum absolute atomic E-state index is 13.6. The van der Waals surface area contributed by atoms with Crippen molar-refractivity contribution < 1.29 is 14.3 Å². The smallest absolute Gasteiger partial charge is 0.309 e. The number of hydrogen-bond acceptors (Lipinski definition) is 1. The van der Waals surface area contributed by atoms with Crippen LogP contribution in [0, 0.1) is 5.41 Å². The monoisotopic (exact) mass is 252 g/mol. The van der Waals surface area contributed by atoms with E-state index < -0.39 is 17.1 Å². The minimum absolute atomic E-state index is 0.342. The third-order valence-corrected chi connectivity index (χ3v) is 2.84. The van der Waals surface area contributed by atoms with Crippen LogP contribution in [0.25, 0.3) is 0 Å². The molecule has 2 nitrogen and oxygen atoms in total. The molecule has 0 aliphatic carbocycles. The van der Waals surface area contributed by atoms with Gasteiger partial charge in [-0.15, -0.1) is 0 Å². The minimum Gasteiger partial charge on any atom is -0.481 e. The van der Waals surface area contributed by atoms with Crippen molar-refractivity contribution in [1.82, 2.24) is 0 Å². The highest BCUT2D eigenvalue weighted by Gasteiger charge is 2.27. The first-order chi connectivity index (χ1) is 8.10. The van der Waals surface area contributed by atoms with Gasteiger partial charge in [0.1, 0.15) is 5.67 Å². The van der Waals surface area contributed by atoms with E-state index in [1.54, 1.807) is 27.7 Å². The zero-order chi connectivity index (χ0) is 14.0. The molecule has 0 spiro atoms. The van der Waals surface area contributed by atoms with Crippen molar-refractivity contribution in [3.05, 3.63) is 35.4 Å². The highest BCUT2D eigenvalue weighted by molar-refractivity contribution is 5.74. The fourth-order valence-electron chi connectivity index (χ4n) is 1.92. The van der Waals surface area contributed by atoms with E-state index in [-0.39, 0.29) is 0 Å². The van der Waals surface area contributed by atoms with E-state index in [1.807, 2.05) is 24.3 Å². The molecule has 0 aliphatic heterocycles. The number of alkyl halides is 1. The molecule has 1 aromatic carbocycles. The number of hydrogen-bond donors (Lipinski definition) is 1. The lowest BCUT2D eigenvalue weighted by molar-refractivity contribution is -0.146. The van der Waals surface area contributed by atoms with Crippen molar-refractivity contribution >= 4 is 5.97 Å². The summed E-state index contributed by atoms with van der Waals surface area (Å²) in [4.78, 5) is 11.1. The predicted molar refractivity (Wildman–Crippen MR) is 70.5 cm³/mol. The summed E-state index contributed by atoms with van der Waals surface area (Å²) in [6.07, 6.45) is 0.789. The van der Waals surface area contributed by atoms with Gasteiger partial charge in [0, 0.05) is 6.42 Å². The SMILES string of the molecule is CC(C)(F)Cc1cccc(CC(C)(C)C(=O)O)c1. The van der Waals surface area contributed by atoms with Crippen LogP contribution in [0.5, 0.6) is 0 Å². The van der Waals surface area contributed by atoms with Gasteiger partial charge in [-0.25, -0.2) is 4.39 Å². The Hall–Kier alpha value is -1.38. The largest absolute Gasteiger partial charge is 0.481 e. The number of halogens is 1. The summed E-state index contributed by atoms with van der Waals surface area (Å²) in [6, 6.07) is 7.51. The van der Waals surface area contributed by atoms with E-state index >= 15 is 0 Å². The first-order valence-corrected chi connectivity index (χ1v) is 6.10. The molecule has 3 heteroatoms. The summed E-state index contributed by atoms with van der Waals surface area (Å²) in [5, 5.41) is 9.10. The van der Waals surface area contributed by atoms with Gasteiger partial charge < -0.3 is 5.11 Å². The molecule has 100 valence electrons. The van der Waals surface area contributed by atoms with E-state index in [1.165, 1.54) is 0 Å². The van der Waals surface area contributed by atoms with Crippen LogP contribution in [0.3, 0.4) is 0 Å².